The molecule has 1 aliphatic heterocycles. The highest BCUT2D eigenvalue weighted by molar-refractivity contribution is 8.00. The number of carboxylic acids is 1. The number of thioether (sulfide) groups is 1. The van der Waals surface area contributed by atoms with Crippen LogP contribution in [0, 0.1) is 6.92 Å². The van der Waals surface area contributed by atoms with Crippen LogP contribution in [-0.2, 0) is 0 Å². The van der Waals surface area contributed by atoms with Crippen LogP contribution in [0.15, 0.2) is 18.2 Å². The Morgan fingerprint density at radius 2 is 2.19 bits per heavy atom. The Morgan fingerprint density at radius 3 is 2.81 bits per heavy atom. The van der Waals surface area contributed by atoms with Crippen LogP contribution in [-0.4, -0.2) is 34.2 Å². The predicted octanol–water partition coefficient (Wildman–Crippen LogP) is 3.10. The number of aryl methyl sites for hydroxylation is 1. The van der Waals surface area contributed by atoms with Gasteiger partial charge < -0.3 is 15.7 Å². The first kappa shape index (κ1) is 15.7. The summed E-state index contributed by atoms with van der Waals surface area (Å²) in [5.74, 6) is 0.0858. The van der Waals surface area contributed by atoms with Crippen LogP contribution >= 0.6 is 11.8 Å². The molecule has 0 saturated carbocycles. The van der Waals surface area contributed by atoms with Gasteiger partial charge in [0.15, 0.2) is 0 Å². The number of carbonyl (C=O) groups excluding carboxylic acids is 1. The number of rotatable bonds is 4. The summed E-state index contributed by atoms with van der Waals surface area (Å²) < 4.78 is 0.0829. The fraction of sp³-hybridized carbons (Fsp3) is 0.467. The summed E-state index contributed by atoms with van der Waals surface area (Å²) in [7, 11) is 0. The summed E-state index contributed by atoms with van der Waals surface area (Å²) in [6, 6.07) is 4.67. The van der Waals surface area contributed by atoms with Crippen LogP contribution in [0.4, 0.5) is 10.5 Å². The molecule has 1 aliphatic rings. The van der Waals surface area contributed by atoms with Crippen LogP contribution < -0.4 is 10.6 Å². The van der Waals surface area contributed by atoms with Crippen LogP contribution in [0.5, 0.6) is 0 Å². The third-order valence-electron chi connectivity index (χ3n) is 3.66. The molecule has 1 aromatic carbocycles. The third-order valence-corrected chi connectivity index (χ3v) is 5.20. The van der Waals surface area contributed by atoms with Gasteiger partial charge in [-0.25, -0.2) is 9.59 Å². The number of carbonyl (C=O) groups is 2. The molecule has 1 fully saturated rings. The fourth-order valence-corrected chi connectivity index (χ4v) is 3.71. The molecule has 0 aliphatic carbocycles. The van der Waals surface area contributed by atoms with Crippen molar-refractivity contribution in [1.29, 1.82) is 0 Å². The Labute approximate surface area is 128 Å². The number of nitrogens with one attached hydrogen (secondary N) is 2. The van der Waals surface area contributed by atoms with Gasteiger partial charge in [-0.1, -0.05) is 12.1 Å². The van der Waals surface area contributed by atoms with E-state index in [4.69, 9.17) is 0 Å². The lowest BCUT2D eigenvalue weighted by molar-refractivity contribution is 0.0697. The third kappa shape index (κ3) is 3.91. The van der Waals surface area contributed by atoms with Gasteiger partial charge in [0.1, 0.15) is 0 Å². The zero-order chi connectivity index (χ0) is 15.5. The molecule has 0 aromatic heterocycles. The molecule has 0 bridgehead atoms. The Hall–Kier alpha value is -1.69. The average Bonchev–Trinajstić information content (AvgIpc) is 2.84. The number of amides is 2. The summed E-state index contributed by atoms with van der Waals surface area (Å²) in [4.78, 5) is 23.2. The quantitative estimate of drug-likeness (QED) is 0.798. The van der Waals surface area contributed by atoms with Crippen LogP contribution in [0.3, 0.4) is 0 Å². The van der Waals surface area contributed by atoms with Crippen molar-refractivity contribution in [3.8, 4) is 0 Å². The van der Waals surface area contributed by atoms with Gasteiger partial charge in [-0.15, -0.1) is 0 Å². The van der Waals surface area contributed by atoms with Crippen molar-refractivity contribution >= 4 is 29.4 Å². The van der Waals surface area contributed by atoms with Crippen molar-refractivity contribution in [2.75, 3.05) is 17.6 Å². The van der Waals surface area contributed by atoms with Crippen LogP contribution in [0.2, 0.25) is 0 Å². The van der Waals surface area contributed by atoms with Gasteiger partial charge in [0.05, 0.1) is 11.3 Å². The maximum atomic E-state index is 12.0. The number of hydrogen-bond donors (Lipinski definition) is 3. The highest BCUT2D eigenvalue weighted by Crippen LogP contribution is 2.36. The zero-order valence-corrected chi connectivity index (χ0v) is 13.0. The summed E-state index contributed by atoms with van der Waals surface area (Å²) in [5.41, 5.74) is 1.08. The minimum atomic E-state index is -1.04. The number of urea groups is 1. The second-order valence-corrected chi connectivity index (χ2v) is 7.19. The lowest BCUT2D eigenvalue weighted by atomic mass is 10.1. The predicted molar refractivity (Wildman–Crippen MR) is 85.3 cm³/mol. The molecule has 2 amide bonds. The van der Waals surface area contributed by atoms with Gasteiger partial charge in [-0.2, -0.15) is 11.8 Å². The molecular formula is C15H20N2O3S. The summed E-state index contributed by atoms with van der Waals surface area (Å²) >= 11 is 1.87. The number of anilines is 1. The van der Waals surface area contributed by atoms with E-state index in [2.05, 4.69) is 17.6 Å². The number of benzene rings is 1. The maximum absolute atomic E-state index is 12.0. The number of carboxylic acid groups (broad SMARTS) is 1. The van der Waals surface area contributed by atoms with Gasteiger partial charge in [0.25, 0.3) is 0 Å². The molecule has 3 N–H and O–H groups in total. The molecule has 5 nitrogen and oxygen atoms in total. The van der Waals surface area contributed by atoms with Crippen molar-refractivity contribution in [3.05, 3.63) is 29.3 Å². The summed E-state index contributed by atoms with van der Waals surface area (Å²) in [6.07, 6.45) is 2.26. The Morgan fingerprint density at radius 1 is 1.43 bits per heavy atom. The maximum Gasteiger partial charge on any atom is 0.338 e. The summed E-state index contributed by atoms with van der Waals surface area (Å²) in [6.45, 7) is 4.43. The van der Waals surface area contributed by atoms with E-state index >= 15 is 0 Å². The smallest absolute Gasteiger partial charge is 0.338 e. The largest absolute Gasteiger partial charge is 0.478 e. The van der Waals surface area contributed by atoms with Crippen molar-refractivity contribution in [1.82, 2.24) is 5.32 Å². The van der Waals surface area contributed by atoms with E-state index < -0.39 is 5.97 Å². The van der Waals surface area contributed by atoms with E-state index in [1.54, 1.807) is 25.1 Å². The standard InChI is InChI=1S/C15H20N2O3S/c1-10-5-3-6-11(12(10)13(18)19)17-14(20)16-9-15(2)7-4-8-21-15/h3,5-6H,4,7-9H2,1-2H3,(H,18,19)(H2,16,17,20). The molecule has 0 radical (unpaired) electrons. The van der Waals surface area contributed by atoms with Crippen molar-refractivity contribution in [2.45, 2.75) is 31.4 Å². The zero-order valence-electron chi connectivity index (χ0n) is 12.2. The summed E-state index contributed by atoms with van der Waals surface area (Å²) in [5, 5.41) is 14.7. The molecule has 6 heteroatoms. The second-order valence-electron chi connectivity index (χ2n) is 5.51. The van der Waals surface area contributed by atoms with Gasteiger partial charge in [-0.3, -0.25) is 0 Å². The molecule has 21 heavy (non-hydrogen) atoms. The van der Waals surface area contributed by atoms with Gasteiger partial charge >= 0.3 is 12.0 Å². The van der Waals surface area contributed by atoms with E-state index in [1.807, 2.05) is 11.8 Å². The molecule has 114 valence electrons. The molecule has 1 unspecified atom stereocenters. The van der Waals surface area contributed by atoms with Gasteiger partial charge in [0.2, 0.25) is 0 Å². The molecule has 1 aromatic rings. The Kier molecular flexibility index (Phi) is 4.77. The number of aromatic carboxylic acids is 1. The molecule has 0 spiro atoms. The molecular weight excluding hydrogens is 288 g/mol. The van der Waals surface area contributed by atoms with Crippen molar-refractivity contribution in [3.63, 3.8) is 0 Å². The first-order valence-corrected chi connectivity index (χ1v) is 7.91. The van der Waals surface area contributed by atoms with Crippen LogP contribution in [0.25, 0.3) is 0 Å². The van der Waals surface area contributed by atoms with E-state index in [9.17, 15) is 14.7 Å². The minimum Gasteiger partial charge on any atom is -0.478 e. The lowest BCUT2D eigenvalue weighted by Gasteiger charge is -2.23. The average molecular weight is 308 g/mol. The lowest BCUT2D eigenvalue weighted by Crippen LogP contribution is -2.39. The fourth-order valence-electron chi connectivity index (χ4n) is 2.47. The van der Waals surface area contributed by atoms with Gasteiger partial charge in [0, 0.05) is 11.3 Å². The van der Waals surface area contributed by atoms with Crippen molar-refractivity contribution in [2.24, 2.45) is 0 Å². The normalized spacial score (nSPS) is 21.0. The second kappa shape index (κ2) is 6.39. The monoisotopic (exact) mass is 308 g/mol. The SMILES string of the molecule is Cc1cccc(NC(=O)NCC2(C)CCCS2)c1C(=O)O. The minimum absolute atomic E-state index is 0.0829. The molecule has 1 atom stereocenters. The Bertz CT molecular complexity index is 554. The highest BCUT2D eigenvalue weighted by atomic mass is 32.2. The molecule has 2 rings (SSSR count). The van der Waals surface area contributed by atoms with E-state index in [-0.39, 0.29) is 16.3 Å². The first-order chi connectivity index (χ1) is 9.91. The molecule has 1 heterocycles. The van der Waals surface area contributed by atoms with Gasteiger partial charge in [-0.05, 0) is 44.1 Å². The number of hydrogen-bond acceptors (Lipinski definition) is 3. The van der Waals surface area contributed by atoms with Crippen LogP contribution in [0.1, 0.15) is 35.7 Å². The first-order valence-electron chi connectivity index (χ1n) is 6.93. The topological polar surface area (TPSA) is 78.4 Å². The van der Waals surface area contributed by atoms with E-state index in [1.165, 1.54) is 6.42 Å². The van der Waals surface area contributed by atoms with E-state index in [0.717, 1.165) is 12.2 Å². The molecule has 1 saturated heterocycles. The Balaban J connectivity index is 2.00. The highest BCUT2D eigenvalue weighted by Gasteiger charge is 2.29. The van der Waals surface area contributed by atoms with E-state index in [0.29, 0.717) is 17.8 Å². The van der Waals surface area contributed by atoms with Crippen molar-refractivity contribution < 1.29 is 14.7 Å².